The molecule has 0 fully saturated rings. The fourth-order valence-corrected chi connectivity index (χ4v) is 4.16. The van der Waals surface area contributed by atoms with E-state index in [0.29, 0.717) is 23.5 Å². The van der Waals surface area contributed by atoms with Crippen LogP contribution in [-0.2, 0) is 14.4 Å². The Morgan fingerprint density at radius 3 is 2.33 bits per heavy atom. The molecule has 0 aliphatic carbocycles. The lowest BCUT2D eigenvalue weighted by Crippen LogP contribution is -2.52. The Balaban J connectivity index is 1.66. The molecule has 176 valence electrons. The Morgan fingerprint density at radius 2 is 1.61 bits per heavy atom. The summed E-state index contributed by atoms with van der Waals surface area (Å²) in [7, 11) is 0. The summed E-state index contributed by atoms with van der Waals surface area (Å²) in [6, 6.07) is 13.9. The zero-order chi connectivity index (χ0) is 23.6. The number of aryl methyl sites for hydroxylation is 1. The molecular weight excluding hydrogens is 414 g/mol. The van der Waals surface area contributed by atoms with Crippen molar-refractivity contribution in [1.29, 1.82) is 0 Å². The number of nitrogens with one attached hydrogen (secondary N) is 2. The molecule has 2 aromatic carbocycles. The third kappa shape index (κ3) is 6.91. The maximum Gasteiger partial charge on any atom is 0.248 e. The number of unbranched alkanes of at least 4 members (excludes halogenated alkanes) is 6. The van der Waals surface area contributed by atoms with E-state index in [0.717, 1.165) is 24.8 Å². The lowest BCUT2D eigenvalue weighted by atomic mass is 10.0. The fourth-order valence-electron chi connectivity index (χ4n) is 4.16. The number of para-hydroxylation sites is 2. The quantitative estimate of drug-likeness (QED) is 0.424. The Hall–Kier alpha value is -3.15. The summed E-state index contributed by atoms with van der Waals surface area (Å²) >= 11 is 0. The molecule has 33 heavy (non-hydrogen) atoms. The van der Waals surface area contributed by atoms with Gasteiger partial charge in [0.05, 0.1) is 17.8 Å². The van der Waals surface area contributed by atoms with Crippen LogP contribution < -0.4 is 15.5 Å². The molecule has 3 rings (SSSR count). The van der Waals surface area contributed by atoms with Crippen molar-refractivity contribution in [3.8, 4) is 0 Å². The number of rotatable bonds is 11. The van der Waals surface area contributed by atoms with Crippen molar-refractivity contribution in [3.05, 3.63) is 54.1 Å². The number of anilines is 3. The van der Waals surface area contributed by atoms with Gasteiger partial charge in [0.25, 0.3) is 0 Å². The summed E-state index contributed by atoms with van der Waals surface area (Å²) in [5.41, 5.74) is 3.02. The lowest BCUT2D eigenvalue weighted by molar-refractivity contribution is -0.126. The molecule has 2 N–H and O–H groups in total. The van der Waals surface area contributed by atoms with Gasteiger partial charge in [-0.2, -0.15) is 0 Å². The Bertz CT molecular complexity index is 955. The molecule has 6 heteroatoms. The highest BCUT2D eigenvalue weighted by Crippen LogP contribution is 2.33. The smallest absolute Gasteiger partial charge is 0.248 e. The normalized spacial score (nSPS) is 15.0. The van der Waals surface area contributed by atoms with Gasteiger partial charge in [-0.25, -0.2) is 0 Å². The van der Waals surface area contributed by atoms with Gasteiger partial charge in [-0.3, -0.25) is 19.3 Å². The monoisotopic (exact) mass is 449 g/mol. The molecule has 3 amide bonds. The molecule has 1 heterocycles. The number of nitrogens with zero attached hydrogens (tertiary/aromatic N) is 1. The predicted molar refractivity (Wildman–Crippen MR) is 133 cm³/mol. The van der Waals surface area contributed by atoms with Crippen molar-refractivity contribution in [2.75, 3.05) is 15.5 Å². The standard InChI is InChI=1S/C27H35N3O3/c1-3-4-5-6-7-8-9-14-26(32)30-23-13-11-10-12-22(23)29-27(33)24(30)19-25(31)28-21-17-15-20(2)16-18-21/h10-13,15-18,24H,3-9,14,19H2,1-2H3,(H,28,31)(H,29,33)/t24-/m0/s1. The van der Waals surface area contributed by atoms with Gasteiger partial charge in [0, 0.05) is 12.1 Å². The van der Waals surface area contributed by atoms with E-state index in [2.05, 4.69) is 17.6 Å². The van der Waals surface area contributed by atoms with E-state index < -0.39 is 6.04 Å². The molecule has 0 radical (unpaired) electrons. The Morgan fingerprint density at radius 1 is 0.939 bits per heavy atom. The maximum atomic E-state index is 13.2. The molecule has 0 spiro atoms. The summed E-state index contributed by atoms with van der Waals surface area (Å²) in [6.07, 6.45) is 8.07. The molecule has 6 nitrogen and oxygen atoms in total. The van der Waals surface area contributed by atoms with Crippen LogP contribution in [0.15, 0.2) is 48.5 Å². The highest BCUT2D eigenvalue weighted by atomic mass is 16.2. The first-order chi connectivity index (χ1) is 16.0. The van der Waals surface area contributed by atoms with E-state index in [-0.39, 0.29) is 24.1 Å². The number of carbonyl (C=O) groups excluding carboxylic acids is 3. The molecule has 0 saturated carbocycles. The first-order valence-electron chi connectivity index (χ1n) is 12.1. The third-order valence-corrected chi connectivity index (χ3v) is 6.01. The second kappa shape index (κ2) is 12.2. The van der Waals surface area contributed by atoms with E-state index in [1.54, 1.807) is 6.07 Å². The topological polar surface area (TPSA) is 78.5 Å². The lowest BCUT2D eigenvalue weighted by Gasteiger charge is -2.36. The van der Waals surface area contributed by atoms with Crippen LogP contribution >= 0.6 is 0 Å². The molecule has 0 bridgehead atoms. The first-order valence-corrected chi connectivity index (χ1v) is 12.1. The number of fused-ring (bicyclic) bond motifs is 1. The van der Waals surface area contributed by atoms with Gasteiger partial charge in [0.2, 0.25) is 17.7 Å². The van der Waals surface area contributed by atoms with E-state index >= 15 is 0 Å². The number of carbonyl (C=O) groups is 3. The summed E-state index contributed by atoms with van der Waals surface area (Å²) in [5, 5.41) is 5.69. The number of hydrogen-bond acceptors (Lipinski definition) is 3. The minimum absolute atomic E-state index is 0.100. The van der Waals surface area contributed by atoms with Gasteiger partial charge in [-0.05, 0) is 37.6 Å². The summed E-state index contributed by atoms with van der Waals surface area (Å²) in [6.45, 7) is 4.17. The Kier molecular flexibility index (Phi) is 9.04. The van der Waals surface area contributed by atoms with E-state index in [1.807, 2.05) is 49.4 Å². The second-order valence-electron chi connectivity index (χ2n) is 8.78. The van der Waals surface area contributed by atoms with Crippen LogP contribution in [0.5, 0.6) is 0 Å². The molecule has 2 aromatic rings. The van der Waals surface area contributed by atoms with Crippen LogP contribution in [0, 0.1) is 6.92 Å². The van der Waals surface area contributed by atoms with E-state index in [4.69, 9.17) is 0 Å². The van der Waals surface area contributed by atoms with Gasteiger partial charge in [0.1, 0.15) is 6.04 Å². The molecule has 0 unspecified atom stereocenters. The van der Waals surface area contributed by atoms with Crippen LogP contribution in [0.4, 0.5) is 17.1 Å². The fraction of sp³-hybridized carbons (Fsp3) is 0.444. The van der Waals surface area contributed by atoms with Gasteiger partial charge in [-0.15, -0.1) is 0 Å². The zero-order valence-electron chi connectivity index (χ0n) is 19.7. The van der Waals surface area contributed by atoms with Crippen LogP contribution in [0.25, 0.3) is 0 Å². The van der Waals surface area contributed by atoms with Crippen molar-refractivity contribution in [2.24, 2.45) is 0 Å². The maximum absolute atomic E-state index is 13.2. The highest BCUT2D eigenvalue weighted by Gasteiger charge is 2.37. The average molecular weight is 450 g/mol. The molecule has 1 atom stereocenters. The molecular formula is C27H35N3O3. The summed E-state index contributed by atoms with van der Waals surface area (Å²) in [5.74, 6) is -0.744. The largest absolute Gasteiger partial charge is 0.326 e. The minimum atomic E-state index is -0.873. The van der Waals surface area contributed by atoms with Crippen LogP contribution in [0.1, 0.15) is 70.3 Å². The van der Waals surface area contributed by atoms with Gasteiger partial charge in [0.15, 0.2) is 0 Å². The van der Waals surface area contributed by atoms with E-state index in [1.165, 1.54) is 30.6 Å². The predicted octanol–water partition coefficient (Wildman–Crippen LogP) is 5.82. The van der Waals surface area contributed by atoms with Crippen molar-refractivity contribution in [3.63, 3.8) is 0 Å². The van der Waals surface area contributed by atoms with Crippen LogP contribution in [0.2, 0.25) is 0 Å². The summed E-state index contributed by atoms with van der Waals surface area (Å²) < 4.78 is 0. The second-order valence-corrected chi connectivity index (χ2v) is 8.78. The van der Waals surface area contributed by atoms with E-state index in [9.17, 15) is 14.4 Å². The van der Waals surface area contributed by atoms with Crippen molar-refractivity contribution >= 4 is 34.8 Å². The number of hydrogen-bond donors (Lipinski definition) is 2. The van der Waals surface area contributed by atoms with Crippen molar-refractivity contribution in [2.45, 2.75) is 77.7 Å². The molecule has 1 aliphatic rings. The van der Waals surface area contributed by atoms with Gasteiger partial charge < -0.3 is 10.6 Å². The van der Waals surface area contributed by atoms with Gasteiger partial charge in [-0.1, -0.05) is 75.3 Å². The SMILES string of the molecule is CCCCCCCCCC(=O)N1c2ccccc2NC(=O)[C@@H]1CC(=O)Nc1ccc(C)cc1. The third-order valence-electron chi connectivity index (χ3n) is 6.01. The number of benzene rings is 2. The Labute approximate surface area is 196 Å². The van der Waals surface area contributed by atoms with Gasteiger partial charge >= 0.3 is 0 Å². The van der Waals surface area contributed by atoms with Crippen LogP contribution in [-0.4, -0.2) is 23.8 Å². The first kappa shape index (κ1) is 24.5. The van der Waals surface area contributed by atoms with Crippen molar-refractivity contribution in [1.82, 2.24) is 0 Å². The zero-order valence-corrected chi connectivity index (χ0v) is 19.7. The number of amides is 3. The minimum Gasteiger partial charge on any atom is -0.326 e. The highest BCUT2D eigenvalue weighted by molar-refractivity contribution is 6.13. The molecule has 1 aliphatic heterocycles. The molecule has 0 aromatic heterocycles. The average Bonchev–Trinajstić information content (AvgIpc) is 2.80. The van der Waals surface area contributed by atoms with Crippen molar-refractivity contribution < 1.29 is 14.4 Å². The summed E-state index contributed by atoms with van der Waals surface area (Å²) in [4.78, 5) is 40.4. The van der Waals surface area contributed by atoms with Crippen LogP contribution in [0.3, 0.4) is 0 Å². The molecule has 0 saturated heterocycles.